The Morgan fingerprint density at radius 1 is 1.14 bits per heavy atom. The molecule has 150 valence electrons. The molecule has 0 unspecified atom stereocenters. The molecule has 0 spiro atoms. The number of halogens is 4. The Morgan fingerprint density at radius 2 is 1.79 bits per heavy atom. The number of carbonyl (C=O) groups excluding carboxylic acids is 1. The average Bonchev–Trinajstić information content (AvgIpc) is 2.68. The third kappa shape index (κ3) is 5.45. The number of nitriles is 2. The first-order valence-electron chi connectivity index (χ1n) is 8.44. The van der Waals surface area contributed by atoms with Crippen LogP contribution in [0.3, 0.4) is 0 Å². The summed E-state index contributed by atoms with van der Waals surface area (Å²) in [5.74, 6) is -1.96. The maximum atomic E-state index is 13.6. The van der Waals surface area contributed by atoms with E-state index in [0.717, 1.165) is 12.1 Å². The predicted molar refractivity (Wildman–Crippen MR) is 95.2 cm³/mol. The molecule has 0 aliphatic heterocycles. The molecule has 0 radical (unpaired) electrons. The van der Waals surface area contributed by atoms with Crippen molar-refractivity contribution in [1.29, 1.82) is 10.5 Å². The van der Waals surface area contributed by atoms with Gasteiger partial charge in [0.2, 0.25) is 5.91 Å². The summed E-state index contributed by atoms with van der Waals surface area (Å²) >= 11 is 0. The number of alkyl halides is 3. The molecule has 0 aliphatic carbocycles. The normalized spacial score (nSPS) is 11.8. The Labute approximate surface area is 164 Å². The molecule has 9 heteroatoms. The van der Waals surface area contributed by atoms with Gasteiger partial charge in [-0.3, -0.25) is 4.79 Å². The van der Waals surface area contributed by atoms with Crippen LogP contribution in [0.25, 0.3) is 0 Å². The number of hydrogen-bond acceptors (Lipinski definition) is 4. The summed E-state index contributed by atoms with van der Waals surface area (Å²) in [6.45, 7) is 1.54. The van der Waals surface area contributed by atoms with Gasteiger partial charge >= 0.3 is 6.18 Å². The Balaban J connectivity index is 2.09. The zero-order valence-corrected chi connectivity index (χ0v) is 15.2. The summed E-state index contributed by atoms with van der Waals surface area (Å²) in [6, 6.07) is 9.64. The molecule has 0 aromatic heterocycles. The fourth-order valence-corrected chi connectivity index (χ4v) is 2.45. The second-order valence-electron chi connectivity index (χ2n) is 6.03. The van der Waals surface area contributed by atoms with Gasteiger partial charge in [-0.25, -0.2) is 4.39 Å². The summed E-state index contributed by atoms with van der Waals surface area (Å²) in [4.78, 5) is 12.4. The molecule has 2 aromatic carbocycles. The minimum Gasteiger partial charge on any atom is -0.493 e. The summed E-state index contributed by atoms with van der Waals surface area (Å²) in [5, 5.41) is 19.9. The fourth-order valence-electron chi connectivity index (χ4n) is 2.45. The highest BCUT2D eigenvalue weighted by atomic mass is 19.4. The molecule has 0 bridgehead atoms. The zero-order chi connectivity index (χ0) is 21.6. The summed E-state index contributed by atoms with van der Waals surface area (Å²) in [5.41, 5.74) is -1.95. The van der Waals surface area contributed by atoms with Gasteiger partial charge < -0.3 is 10.1 Å². The number of benzene rings is 2. The second-order valence-corrected chi connectivity index (χ2v) is 6.03. The molecule has 0 fully saturated rings. The lowest BCUT2D eigenvalue weighted by Gasteiger charge is -2.17. The van der Waals surface area contributed by atoms with Crippen LogP contribution in [0, 0.1) is 34.4 Å². The van der Waals surface area contributed by atoms with Crippen LogP contribution in [0.2, 0.25) is 0 Å². The standard InChI is InChI=1S/C20H15F4N3O2/c1-2-12(11-29-16-6-4-14(10-26)18(21)8-16)19(28)27-15-5-3-13(9-25)17(7-15)20(22,23)24/h3-8,12H,2,11H2,1H3,(H,27,28)/t12-/m1/s1. The molecule has 1 amide bonds. The maximum absolute atomic E-state index is 13.6. The molecular weight excluding hydrogens is 390 g/mol. The van der Waals surface area contributed by atoms with Crippen LogP contribution < -0.4 is 10.1 Å². The van der Waals surface area contributed by atoms with Crippen LogP contribution in [0.5, 0.6) is 5.75 Å². The molecule has 1 atom stereocenters. The number of ether oxygens (including phenoxy) is 1. The predicted octanol–water partition coefficient (Wildman–Crippen LogP) is 4.63. The van der Waals surface area contributed by atoms with Crippen molar-refractivity contribution in [3.63, 3.8) is 0 Å². The van der Waals surface area contributed by atoms with E-state index >= 15 is 0 Å². The minimum absolute atomic E-state index is 0.107. The van der Waals surface area contributed by atoms with Crippen LogP contribution in [-0.4, -0.2) is 12.5 Å². The highest BCUT2D eigenvalue weighted by Gasteiger charge is 2.34. The largest absolute Gasteiger partial charge is 0.493 e. The van der Waals surface area contributed by atoms with Gasteiger partial charge in [0, 0.05) is 11.8 Å². The van der Waals surface area contributed by atoms with E-state index in [1.165, 1.54) is 24.3 Å². The van der Waals surface area contributed by atoms with Gasteiger partial charge in [-0.1, -0.05) is 6.92 Å². The average molecular weight is 405 g/mol. The number of carbonyl (C=O) groups is 1. The van der Waals surface area contributed by atoms with Crippen molar-refractivity contribution in [2.75, 3.05) is 11.9 Å². The molecule has 2 rings (SSSR count). The number of anilines is 1. The first kappa shape index (κ1) is 21.7. The van der Waals surface area contributed by atoms with Crippen molar-refractivity contribution in [2.24, 2.45) is 5.92 Å². The number of amides is 1. The van der Waals surface area contributed by atoms with Crippen molar-refractivity contribution in [3.8, 4) is 17.9 Å². The molecule has 0 heterocycles. The molecule has 0 saturated heterocycles. The Hall–Kier alpha value is -3.59. The molecule has 0 saturated carbocycles. The van der Waals surface area contributed by atoms with Crippen LogP contribution in [0.1, 0.15) is 30.0 Å². The van der Waals surface area contributed by atoms with Gasteiger partial charge in [-0.05, 0) is 36.8 Å². The summed E-state index contributed by atoms with van der Waals surface area (Å²) < 4.78 is 58.1. The van der Waals surface area contributed by atoms with E-state index in [1.807, 2.05) is 0 Å². The molecular formula is C20H15F4N3O2. The number of nitrogens with zero attached hydrogens (tertiary/aromatic N) is 2. The van der Waals surface area contributed by atoms with Crippen LogP contribution in [-0.2, 0) is 11.0 Å². The van der Waals surface area contributed by atoms with E-state index in [1.54, 1.807) is 13.0 Å². The van der Waals surface area contributed by atoms with Gasteiger partial charge in [-0.15, -0.1) is 0 Å². The molecule has 2 aromatic rings. The van der Waals surface area contributed by atoms with E-state index in [2.05, 4.69) is 5.32 Å². The summed E-state index contributed by atoms with van der Waals surface area (Å²) in [6.07, 6.45) is -4.42. The van der Waals surface area contributed by atoms with E-state index in [4.69, 9.17) is 15.3 Å². The molecule has 0 aliphatic rings. The monoisotopic (exact) mass is 405 g/mol. The highest BCUT2D eigenvalue weighted by Crippen LogP contribution is 2.33. The number of nitrogens with one attached hydrogen (secondary N) is 1. The third-order valence-electron chi connectivity index (χ3n) is 4.09. The van der Waals surface area contributed by atoms with E-state index in [0.29, 0.717) is 12.5 Å². The van der Waals surface area contributed by atoms with Crippen molar-refractivity contribution in [1.82, 2.24) is 0 Å². The Kier molecular flexibility index (Phi) is 6.79. The Morgan fingerprint density at radius 3 is 2.34 bits per heavy atom. The van der Waals surface area contributed by atoms with Crippen LogP contribution in [0.4, 0.5) is 23.2 Å². The van der Waals surface area contributed by atoms with Crippen LogP contribution >= 0.6 is 0 Å². The first-order valence-corrected chi connectivity index (χ1v) is 8.44. The van der Waals surface area contributed by atoms with Crippen molar-refractivity contribution in [3.05, 3.63) is 58.9 Å². The van der Waals surface area contributed by atoms with E-state index in [9.17, 15) is 22.4 Å². The lowest BCUT2D eigenvalue weighted by atomic mass is 10.0. The minimum atomic E-state index is -4.74. The SMILES string of the molecule is CC[C@H](COc1ccc(C#N)c(F)c1)C(=O)Nc1ccc(C#N)c(C(F)(F)F)c1. The highest BCUT2D eigenvalue weighted by molar-refractivity contribution is 5.92. The van der Waals surface area contributed by atoms with Gasteiger partial charge in [0.1, 0.15) is 17.6 Å². The zero-order valence-electron chi connectivity index (χ0n) is 15.2. The lowest BCUT2D eigenvalue weighted by Crippen LogP contribution is -2.27. The van der Waals surface area contributed by atoms with Gasteiger partial charge in [0.25, 0.3) is 0 Å². The topological polar surface area (TPSA) is 85.9 Å². The maximum Gasteiger partial charge on any atom is 0.417 e. The number of rotatable bonds is 6. The molecule has 5 nitrogen and oxygen atoms in total. The van der Waals surface area contributed by atoms with Crippen molar-refractivity contribution < 1.29 is 27.1 Å². The molecule has 1 N–H and O–H groups in total. The van der Waals surface area contributed by atoms with Crippen molar-refractivity contribution >= 4 is 11.6 Å². The fraction of sp³-hybridized carbons (Fsp3) is 0.250. The molecule has 29 heavy (non-hydrogen) atoms. The van der Waals surface area contributed by atoms with Gasteiger partial charge in [-0.2, -0.15) is 23.7 Å². The van der Waals surface area contributed by atoms with E-state index in [-0.39, 0.29) is 23.6 Å². The van der Waals surface area contributed by atoms with E-state index < -0.39 is 34.9 Å². The van der Waals surface area contributed by atoms with Gasteiger partial charge in [0.15, 0.2) is 0 Å². The quantitative estimate of drug-likeness (QED) is 0.710. The van der Waals surface area contributed by atoms with Gasteiger partial charge in [0.05, 0.1) is 35.3 Å². The van der Waals surface area contributed by atoms with Crippen molar-refractivity contribution in [2.45, 2.75) is 19.5 Å². The summed E-state index contributed by atoms with van der Waals surface area (Å²) in [7, 11) is 0. The smallest absolute Gasteiger partial charge is 0.417 e. The third-order valence-corrected chi connectivity index (χ3v) is 4.09. The Bertz CT molecular complexity index is 991. The first-order chi connectivity index (χ1) is 13.7. The number of hydrogen-bond donors (Lipinski definition) is 1. The lowest BCUT2D eigenvalue weighted by molar-refractivity contribution is -0.137. The van der Waals surface area contributed by atoms with Crippen LogP contribution in [0.15, 0.2) is 36.4 Å². The second kappa shape index (κ2) is 9.07.